The molecule has 2 N–H and O–H groups in total. The largest absolute Gasteiger partial charge is 0.329 e. The Morgan fingerprint density at radius 1 is 1.05 bits per heavy atom. The Morgan fingerprint density at radius 3 is 2.55 bits per heavy atom. The van der Waals surface area contributed by atoms with E-state index in [1.54, 1.807) is 0 Å². The molecule has 0 aromatic heterocycles. The SMILES string of the molecule is CC(C)N1CCCC(CN)(N2CCCCCC2C)CC1. The number of hydrogen-bond acceptors (Lipinski definition) is 3. The molecule has 0 radical (unpaired) electrons. The lowest BCUT2D eigenvalue weighted by molar-refractivity contribution is 0.0433. The molecule has 0 aliphatic carbocycles. The van der Waals surface area contributed by atoms with Crippen LogP contribution < -0.4 is 5.73 Å². The number of likely N-dealkylation sites (tertiary alicyclic amines) is 2. The first-order valence-corrected chi connectivity index (χ1v) is 8.80. The molecule has 0 amide bonds. The Kier molecular flexibility index (Phi) is 5.88. The summed E-state index contributed by atoms with van der Waals surface area (Å²) in [7, 11) is 0. The predicted octanol–water partition coefficient (Wildman–Crippen LogP) is 2.84. The molecule has 0 spiro atoms. The van der Waals surface area contributed by atoms with Crippen molar-refractivity contribution in [1.29, 1.82) is 0 Å². The predicted molar refractivity (Wildman–Crippen MR) is 87.0 cm³/mol. The van der Waals surface area contributed by atoms with Crippen molar-refractivity contribution in [2.24, 2.45) is 5.73 Å². The zero-order chi connectivity index (χ0) is 14.6. The van der Waals surface area contributed by atoms with Crippen molar-refractivity contribution in [1.82, 2.24) is 9.80 Å². The van der Waals surface area contributed by atoms with Gasteiger partial charge in [-0.1, -0.05) is 12.8 Å². The first-order chi connectivity index (χ1) is 9.59. The van der Waals surface area contributed by atoms with Gasteiger partial charge in [0.05, 0.1) is 0 Å². The fraction of sp³-hybridized carbons (Fsp3) is 1.00. The van der Waals surface area contributed by atoms with Gasteiger partial charge in [0, 0.05) is 30.7 Å². The molecule has 2 rings (SSSR count). The van der Waals surface area contributed by atoms with Gasteiger partial charge in [-0.15, -0.1) is 0 Å². The van der Waals surface area contributed by atoms with Crippen LogP contribution >= 0.6 is 0 Å². The summed E-state index contributed by atoms with van der Waals surface area (Å²) in [5.74, 6) is 0. The van der Waals surface area contributed by atoms with Crippen LogP contribution in [-0.2, 0) is 0 Å². The van der Waals surface area contributed by atoms with Crippen LogP contribution in [0.5, 0.6) is 0 Å². The van der Waals surface area contributed by atoms with Gasteiger partial charge in [-0.3, -0.25) is 4.90 Å². The molecule has 2 saturated heterocycles. The van der Waals surface area contributed by atoms with Gasteiger partial charge < -0.3 is 10.6 Å². The topological polar surface area (TPSA) is 32.5 Å². The number of hydrogen-bond donors (Lipinski definition) is 1. The van der Waals surface area contributed by atoms with Crippen molar-refractivity contribution in [3.63, 3.8) is 0 Å². The van der Waals surface area contributed by atoms with Gasteiger partial charge in [0.15, 0.2) is 0 Å². The fourth-order valence-corrected chi connectivity index (χ4v) is 4.30. The maximum absolute atomic E-state index is 6.31. The second-order valence-corrected chi connectivity index (χ2v) is 7.30. The van der Waals surface area contributed by atoms with Gasteiger partial charge in [0.25, 0.3) is 0 Å². The van der Waals surface area contributed by atoms with Crippen LogP contribution in [0, 0.1) is 0 Å². The molecule has 2 fully saturated rings. The molecule has 0 aromatic carbocycles. The summed E-state index contributed by atoms with van der Waals surface area (Å²) in [5, 5.41) is 0. The van der Waals surface area contributed by atoms with Gasteiger partial charge in [0.2, 0.25) is 0 Å². The summed E-state index contributed by atoms with van der Waals surface area (Å²) in [6.45, 7) is 11.6. The van der Waals surface area contributed by atoms with E-state index < -0.39 is 0 Å². The lowest BCUT2D eigenvalue weighted by Gasteiger charge is -2.46. The number of nitrogens with two attached hydrogens (primary N) is 1. The van der Waals surface area contributed by atoms with Crippen LogP contribution in [0.2, 0.25) is 0 Å². The van der Waals surface area contributed by atoms with Crippen LogP contribution in [0.15, 0.2) is 0 Å². The van der Waals surface area contributed by atoms with Gasteiger partial charge in [0.1, 0.15) is 0 Å². The van der Waals surface area contributed by atoms with Crippen LogP contribution in [-0.4, -0.2) is 53.6 Å². The molecule has 0 aromatic rings. The van der Waals surface area contributed by atoms with Crippen molar-refractivity contribution < 1.29 is 0 Å². The smallest absolute Gasteiger partial charge is 0.0347 e. The molecule has 2 aliphatic heterocycles. The van der Waals surface area contributed by atoms with Gasteiger partial charge in [-0.2, -0.15) is 0 Å². The van der Waals surface area contributed by atoms with E-state index in [0.29, 0.717) is 12.1 Å². The van der Waals surface area contributed by atoms with Crippen LogP contribution in [0.25, 0.3) is 0 Å². The molecule has 2 aliphatic rings. The number of rotatable bonds is 3. The zero-order valence-electron chi connectivity index (χ0n) is 13.9. The average Bonchev–Trinajstić information content (AvgIpc) is 2.77. The van der Waals surface area contributed by atoms with Crippen molar-refractivity contribution in [2.45, 2.75) is 83.3 Å². The maximum Gasteiger partial charge on any atom is 0.0347 e. The lowest BCUT2D eigenvalue weighted by atomic mass is 9.86. The molecule has 2 heterocycles. The van der Waals surface area contributed by atoms with E-state index in [0.717, 1.165) is 6.54 Å². The van der Waals surface area contributed by atoms with E-state index in [-0.39, 0.29) is 5.54 Å². The molecule has 2 atom stereocenters. The Bertz CT molecular complexity index is 292. The molecule has 0 bridgehead atoms. The van der Waals surface area contributed by atoms with Gasteiger partial charge >= 0.3 is 0 Å². The van der Waals surface area contributed by atoms with Gasteiger partial charge in [-0.25, -0.2) is 0 Å². The summed E-state index contributed by atoms with van der Waals surface area (Å²) >= 11 is 0. The van der Waals surface area contributed by atoms with E-state index in [1.807, 2.05) is 0 Å². The fourth-order valence-electron chi connectivity index (χ4n) is 4.30. The Labute approximate surface area is 125 Å². The van der Waals surface area contributed by atoms with E-state index in [9.17, 15) is 0 Å². The van der Waals surface area contributed by atoms with Gasteiger partial charge in [-0.05, 0) is 66.0 Å². The minimum absolute atomic E-state index is 0.271. The summed E-state index contributed by atoms with van der Waals surface area (Å²) in [4.78, 5) is 5.43. The monoisotopic (exact) mass is 281 g/mol. The standard InChI is InChI=1S/C17H35N3/c1-15(2)19-11-7-9-17(14-18,10-13-19)20-12-6-4-5-8-16(20)3/h15-16H,4-14,18H2,1-3H3. The van der Waals surface area contributed by atoms with E-state index >= 15 is 0 Å². The molecule has 2 unspecified atom stereocenters. The average molecular weight is 281 g/mol. The Morgan fingerprint density at radius 2 is 1.85 bits per heavy atom. The summed E-state index contributed by atoms with van der Waals surface area (Å²) in [5.41, 5.74) is 6.58. The summed E-state index contributed by atoms with van der Waals surface area (Å²) in [6, 6.07) is 1.39. The van der Waals surface area contributed by atoms with Crippen LogP contribution in [0.3, 0.4) is 0 Å². The highest BCUT2D eigenvalue weighted by molar-refractivity contribution is 4.97. The lowest BCUT2D eigenvalue weighted by Crippen LogP contribution is -2.57. The first kappa shape index (κ1) is 16.3. The first-order valence-electron chi connectivity index (χ1n) is 8.80. The van der Waals surface area contributed by atoms with E-state index in [1.165, 1.54) is 64.6 Å². The summed E-state index contributed by atoms with van der Waals surface area (Å²) in [6.07, 6.45) is 9.37. The highest BCUT2D eigenvalue weighted by Crippen LogP contribution is 2.33. The maximum atomic E-state index is 6.31. The third-order valence-electron chi connectivity index (χ3n) is 5.72. The normalized spacial score (nSPS) is 35.0. The third kappa shape index (κ3) is 3.55. The highest BCUT2D eigenvalue weighted by atomic mass is 15.3. The Balaban J connectivity index is 2.11. The second-order valence-electron chi connectivity index (χ2n) is 7.30. The molecular formula is C17H35N3. The number of nitrogens with zero attached hydrogens (tertiary/aromatic N) is 2. The minimum Gasteiger partial charge on any atom is -0.329 e. The minimum atomic E-state index is 0.271. The van der Waals surface area contributed by atoms with E-state index in [4.69, 9.17) is 5.73 Å². The second kappa shape index (κ2) is 7.24. The van der Waals surface area contributed by atoms with Crippen molar-refractivity contribution in [2.75, 3.05) is 26.2 Å². The molecular weight excluding hydrogens is 246 g/mol. The molecule has 20 heavy (non-hydrogen) atoms. The third-order valence-corrected chi connectivity index (χ3v) is 5.72. The Hall–Kier alpha value is -0.120. The molecule has 118 valence electrons. The zero-order valence-corrected chi connectivity index (χ0v) is 13.9. The van der Waals surface area contributed by atoms with Crippen LogP contribution in [0.1, 0.15) is 65.7 Å². The molecule has 0 saturated carbocycles. The quantitative estimate of drug-likeness (QED) is 0.863. The molecule has 3 nitrogen and oxygen atoms in total. The van der Waals surface area contributed by atoms with Crippen molar-refractivity contribution >= 4 is 0 Å². The highest BCUT2D eigenvalue weighted by Gasteiger charge is 2.39. The van der Waals surface area contributed by atoms with E-state index in [2.05, 4.69) is 30.6 Å². The summed E-state index contributed by atoms with van der Waals surface area (Å²) < 4.78 is 0. The van der Waals surface area contributed by atoms with Crippen molar-refractivity contribution in [3.05, 3.63) is 0 Å². The van der Waals surface area contributed by atoms with Crippen LogP contribution in [0.4, 0.5) is 0 Å². The van der Waals surface area contributed by atoms with Crippen molar-refractivity contribution in [3.8, 4) is 0 Å². The molecule has 3 heteroatoms.